The summed E-state index contributed by atoms with van der Waals surface area (Å²) in [5.74, 6) is 0. The van der Waals surface area contributed by atoms with Gasteiger partial charge in [-0.2, -0.15) is 0 Å². The Hall–Kier alpha value is 0.150. The third-order valence-corrected chi connectivity index (χ3v) is 4.96. The minimum absolute atomic E-state index is 0.792. The molecule has 0 aromatic heterocycles. The van der Waals surface area contributed by atoms with Crippen molar-refractivity contribution >= 4 is 58.0 Å². The van der Waals surface area contributed by atoms with Gasteiger partial charge < -0.3 is 0 Å². The first-order valence-corrected chi connectivity index (χ1v) is 10.4. The lowest BCUT2D eigenvalue weighted by Gasteiger charge is -2.00. The van der Waals surface area contributed by atoms with Crippen molar-refractivity contribution in [3.05, 3.63) is 55.5 Å². The second-order valence-corrected chi connectivity index (χ2v) is 8.17. The molecule has 0 amide bonds. The summed E-state index contributed by atoms with van der Waals surface area (Å²) in [6, 6.07) is 0. The third-order valence-electron chi connectivity index (χ3n) is 3.37. The van der Waals surface area contributed by atoms with Crippen LogP contribution in [0.3, 0.4) is 0 Å². The first-order valence-electron chi connectivity index (χ1n) is 8.51. The SMILES string of the molecule is C/C=C(\Cl)CC/C=C(\Cl)CC/C=C(\Cl)CC/C=C(\Cl)CC/C=C(/C)Cl. The summed E-state index contributed by atoms with van der Waals surface area (Å²) in [4.78, 5) is 0. The molecule has 0 bridgehead atoms. The summed E-state index contributed by atoms with van der Waals surface area (Å²) in [6.07, 6.45) is 16.6. The van der Waals surface area contributed by atoms with Gasteiger partial charge in [-0.15, -0.1) is 0 Å². The van der Waals surface area contributed by atoms with Gasteiger partial charge in [0.1, 0.15) is 0 Å². The molecule has 25 heavy (non-hydrogen) atoms. The van der Waals surface area contributed by atoms with Gasteiger partial charge in [0.05, 0.1) is 0 Å². The Balaban J connectivity index is 4.01. The van der Waals surface area contributed by atoms with Crippen molar-refractivity contribution in [2.24, 2.45) is 0 Å². The molecule has 0 nitrogen and oxygen atoms in total. The predicted octanol–water partition coefficient (Wildman–Crippen LogP) is 9.76. The van der Waals surface area contributed by atoms with Crippen LogP contribution in [0.1, 0.15) is 65.2 Å². The highest BCUT2D eigenvalue weighted by Gasteiger charge is 1.97. The zero-order chi connectivity index (χ0) is 19.1. The summed E-state index contributed by atoms with van der Waals surface area (Å²) < 4.78 is 0. The van der Waals surface area contributed by atoms with Crippen molar-refractivity contribution < 1.29 is 0 Å². The van der Waals surface area contributed by atoms with E-state index in [-0.39, 0.29) is 0 Å². The van der Waals surface area contributed by atoms with Gasteiger partial charge in [-0.25, -0.2) is 0 Å². The fourth-order valence-electron chi connectivity index (χ4n) is 1.96. The molecule has 0 heterocycles. The van der Waals surface area contributed by atoms with Gasteiger partial charge in [0.2, 0.25) is 0 Å². The van der Waals surface area contributed by atoms with Crippen LogP contribution in [-0.2, 0) is 0 Å². The maximum Gasteiger partial charge on any atom is 0.0144 e. The highest BCUT2D eigenvalue weighted by Crippen LogP contribution is 2.20. The number of allylic oxidation sites excluding steroid dienone is 10. The van der Waals surface area contributed by atoms with Crippen LogP contribution in [0.5, 0.6) is 0 Å². The molecule has 0 aliphatic rings. The molecule has 5 heteroatoms. The summed E-state index contributed by atoms with van der Waals surface area (Å²) in [7, 11) is 0. The van der Waals surface area contributed by atoms with Crippen LogP contribution in [0.2, 0.25) is 0 Å². The van der Waals surface area contributed by atoms with E-state index in [1.165, 1.54) is 0 Å². The van der Waals surface area contributed by atoms with Crippen molar-refractivity contribution in [2.45, 2.75) is 65.2 Å². The summed E-state index contributed by atoms with van der Waals surface area (Å²) in [5.41, 5.74) is 0. The minimum atomic E-state index is 0.792. The number of hydrogen-bond acceptors (Lipinski definition) is 0. The minimum Gasteiger partial charge on any atom is -0.0898 e. The smallest absolute Gasteiger partial charge is 0.0144 e. The Labute approximate surface area is 178 Å². The first-order chi connectivity index (χ1) is 11.8. The van der Waals surface area contributed by atoms with Crippen LogP contribution < -0.4 is 0 Å². The second-order valence-electron chi connectivity index (χ2n) is 5.63. The number of hydrogen-bond donors (Lipinski definition) is 0. The third kappa shape index (κ3) is 17.3. The molecule has 0 rings (SSSR count). The van der Waals surface area contributed by atoms with Crippen LogP contribution >= 0.6 is 58.0 Å². The molecule has 0 aliphatic carbocycles. The van der Waals surface area contributed by atoms with Crippen molar-refractivity contribution in [3.63, 3.8) is 0 Å². The van der Waals surface area contributed by atoms with E-state index in [1.807, 2.05) is 44.2 Å². The van der Waals surface area contributed by atoms with Crippen molar-refractivity contribution in [2.75, 3.05) is 0 Å². The van der Waals surface area contributed by atoms with Crippen LogP contribution in [-0.4, -0.2) is 0 Å². The van der Waals surface area contributed by atoms with E-state index in [1.54, 1.807) is 0 Å². The summed E-state index contributed by atoms with van der Waals surface area (Å²) >= 11 is 30.3. The predicted molar refractivity (Wildman–Crippen MR) is 118 cm³/mol. The lowest BCUT2D eigenvalue weighted by atomic mass is 10.2. The molecular weight excluding hydrogens is 417 g/mol. The standard InChI is InChI=1S/C20H27Cl5/c1-3-17(22)9-5-11-19(24)13-7-15-20(25)14-6-12-18(23)10-4-8-16(2)21/h3,8,11-12,15H,4-7,9-10,13-14H2,1-2H3/b16-8-,17-3-,18-12-,19-11-,20-15-. The Kier molecular flexibility index (Phi) is 16.4. The summed E-state index contributed by atoms with van der Waals surface area (Å²) in [5, 5.41) is 4.21. The molecule has 0 unspecified atom stereocenters. The van der Waals surface area contributed by atoms with Crippen molar-refractivity contribution in [3.8, 4) is 0 Å². The summed E-state index contributed by atoms with van der Waals surface area (Å²) in [6.45, 7) is 3.79. The van der Waals surface area contributed by atoms with E-state index in [9.17, 15) is 0 Å². The topological polar surface area (TPSA) is 0 Å². The quantitative estimate of drug-likeness (QED) is 0.281. The lowest BCUT2D eigenvalue weighted by molar-refractivity contribution is 0.953. The Morgan fingerprint density at radius 3 is 1.20 bits per heavy atom. The van der Waals surface area contributed by atoms with Gasteiger partial charge in [0.25, 0.3) is 0 Å². The van der Waals surface area contributed by atoms with E-state index in [2.05, 4.69) is 0 Å². The van der Waals surface area contributed by atoms with Crippen LogP contribution in [0.4, 0.5) is 0 Å². The lowest BCUT2D eigenvalue weighted by Crippen LogP contribution is -1.79. The van der Waals surface area contributed by atoms with Crippen molar-refractivity contribution in [1.82, 2.24) is 0 Å². The normalized spacial score (nSPS) is 15.1. The zero-order valence-electron chi connectivity index (χ0n) is 14.9. The van der Waals surface area contributed by atoms with Gasteiger partial charge in [-0.1, -0.05) is 88.4 Å². The van der Waals surface area contributed by atoms with Gasteiger partial charge in [-0.3, -0.25) is 0 Å². The van der Waals surface area contributed by atoms with Crippen LogP contribution in [0.15, 0.2) is 55.5 Å². The highest BCUT2D eigenvalue weighted by atomic mass is 35.5. The molecule has 0 radical (unpaired) electrons. The molecule has 0 aromatic rings. The Morgan fingerprint density at radius 2 is 0.880 bits per heavy atom. The van der Waals surface area contributed by atoms with Crippen LogP contribution in [0.25, 0.3) is 0 Å². The van der Waals surface area contributed by atoms with Gasteiger partial charge in [-0.05, 0) is 65.2 Å². The van der Waals surface area contributed by atoms with Gasteiger partial charge >= 0.3 is 0 Å². The van der Waals surface area contributed by atoms with E-state index in [0.717, 1.165) is 76.5 Å². The number of halogens is 5. The molecule has 0 atom stereocenters. The average molecular weight is 445 g/mol. The van der Waals surface area contributed by atoms with Crippen molar-refractivity contribution in [1.29, 1.82) is 0 Å². The largest absolute Gasteiger partial charge is 0.0898 e. The molecule has 0 saturated carbocycles. The van der Waals surface area contributed by atoms with Gasteiger partial charge in [0.15, 0.2) is 0 Å². The molecular formula is C20H27Cl5. The molecule has 0 spiro atoms. The van der Waals surface area contributed by atoms with E-state index < -0.39 is 0 Å². The van der Waals surface area contributed by atoms with Gasteiger partial charge in [0, 0.05) is 25.2 Å². The second kappa shape index (κ2) is 16.3. The Morgan fingerprint density at radius 1 is 0.560 bits per heavy atom. The molecule has 0 fully saturated rings. The maximum atomic E-state index is 6.23. The molecule has 142 valence electrons. The monoisotopic (exact) mass is 442 g/mol. The van der Waals surface area contributed by atoms with E-state index in [0.29, 0.717) is 0 Å². The molecule has 0 N–H and O–H groups in total. The maximum absolute atomic E-state index is 6.23. The van der Waals surface area contributed by atoms with E-state index in [4.69, 9.17) is 58.0 Å². The number of rotatable bonds is 12. The average Bonchev–Trinajstić information content (AvgIpc) is 2.54. The fourth-order valence-corrected chi connectivity index (χ4v) is 2.83. The molecule has 0 aromatic carbocycles. The fraction of sp³-hybridized carbons (Fsp3) is 0.500. The zero-order valence-corrected chi connectivity index (χ0v) is 18.7. The Bertz CT molecular complexity index is 520. The molecule has 0 saturated heterocycles. The van der Waals surface area contributed by atoms with E-state index >= 15 is 0 Å². The van der Waals surface area contributed by atoms with Crippen LogP contribution in [0, 0.1) is 0 Å². The highest BCUT2D eigenvalue weighted by molar-refractivity contribution is 6.31. The first kappa shape index (κ1) is 25.1. The molecule has 0 aliphatic heterocycles.